The van der Waals surface area contributed by atoms with E-state index < -0.39 is 23.9 Å². The van der Waals surface area contributed by atoms with Gasteiger partial charge >= 0.3 is 23.9 Å². The normalized spacial score (nSPS) is 9.96. The SMILES string of the molecule is C=CC(=O)Oc1ccc(C#Cc2c(OC(=O)C(=C)C)cc(C#Cc3ccc(C=Cc4ccc(OC(=O)C=C)cc4)cc3)cc2OC(=O)C(=C)C)cc1. The summed E-state index contributed by atoms with van der Waals surface area (Å²) < 4.78 is 21.5. The fourth-order valence-electron chi connectivity index (χ4n) is 4.04. The van der Waals surface area contributed by atoms with Gasteiger partial charge in [0.2, 0.25) is 0 Å². The summed E-state index contributed by atoms with van der Waals surface area (Å²) in [5, 5.41) is 0. The number of esters is 4. The molecular formula is C44H32O8. The zero-order chi connectivity index (χ0) is 37.6. The van der Waals surface area contributed by atoms with E-state index in [2.05, 4.69) is 50.0 Å². The summed E-state index contributed by atoms with van der Waals surface area (Å²) in [6.07, 6.45) is 6.00. The lowest BCUT2D eigenvalue weighted by Gasteiger charge is -2.12. The van der Waals surface area contributed by atoms with Crippen molar-refractivity contribution in [2.24, 2.45) is 0 Å². The van der Waals surface area contributed by atoms with Crippen LogP contribution in [0.2, 0.25) is 0 Å². The van der Waals surface area contributed by atoms with Crippen LogP contribution in [0.5, 0.6) is 23.0 Å². The van der Waals surface area contributed by atoms with Gasteiger partial charge in [-0.25, -0.2) is 19.2 Å². The molecule has 52 heavy (non-hydrogen) atoms. The Balaban J connectivity index is 1.64. The van der Waals surface area contributed by atoms with E-state index in [0.29, 0.717) is 28.2 Å². The van der Waals surface area contributed by atoms with Gasteiger partial charge in [0.15, 0.2) is 11.5 Å². The number of ether oxygens (including phenoxy) is 4. The Morgan fingerprint density at radius 3 is 1.31 bits per heavy atom. The summed E-state index contributed by atoms with van der Waals surface area (Å²) in [6.45, 7) is 17.1. The highest BCUT2D eigenvalue weighted by Crippen LogP contribution is 2.31. The summed E-state index contributed by atoms with van der Waals surface area (Å²) in [6, 6.07) is 23.9. The Labute approximate surface area is 302 Å². The van der Waals surface area contributed by atoms with Gasteiger partial charge in [0.05, 0.1) is 0 Å². The molecular weight excluding hydrogens is 656 g/mol. The molecule has 8 heteroatoms. The van der Waals surface area contributed by atoms with Crippen molar-refractivity contribution in [1.82, 2.24) is 0 Å². The van der Waals surface area contributed by atoms with Gasteiger partial charge in [-0.2, -0.15) is 0 Å². The topological polar surface area (TPSA) is 105 Å². The maximum atomic E-state index is 12.7. The van der Waals surface area contributed by atoms with E-state index in [1.807, 2.05) is 48.6 Å². The number of hydrogen-bond acceptors (Lipinski definition) is 8. The van der Waals surface area contributed by atoms with Crippen molar-refractivity contribution in [2.75, 3.05) is 0 Å². The summed E-state index contributed by atoms with van der Waals surface area (Å²) in [5.74, 6) is 10.2. The molecule has 0 heterocycles. The Morgan fingerprint density at radius 1 is 0.519 bits per heavy atom. The molecule has 0 amide bonds. The second-order valence-electron chi connectivity index (χ2n) is 11.0. The summed E-state index contributed by atoms with van der Waals surface area (Å²) in [4.78, 5) is 48.2. The minimum atomic E-state index is -0.713. The van der Waals surface area contributed by atoms with Crippen LogP contribution < -0.4 is 18.9 Å². The third-order valence-electron chi connectivity index (χ3n) is 6.73. The molecule has 0 radical (unpaired) electrons. The lowest BCUT2D eigenvalue weighted by Crippen LogP contribution is -2.12. The quantitative estimate of drug-likeness (QED) is 0.0547. The second-order valence-corrected chi connectivity index (χ2v) is 11.0. The average Bonchev–Trinajstić information content (AvgIpc) is 3.14. The van der Waals surface area contributed by atoms with Crippen LogP contribution >= 0.6 is 0 Å². The van der Waals surface area contributed by atoms with E-state index in [9.17, 15) is 19.2 Å². The average molecular weight is 689 g/mol. The van der Waals surface area contributed by atoms with Crippen LogP contribution in [0.15, 0.2) is 135 Å². The highest BCUT2D eigenvalue weighted by Gasteiger charge is 2.18. The highest BCUT2D eigenvalue weighted by molar-refractivity contribution is 5.91. The molecule has 0 aromatic heterocycles. The Hall–Kier alpha value is -7.42. The molecule has 256 valence electrons. The van der Waals surface area contributed by atoms with E-state index in [4.69, 9.17) is 18.9 Å². The Morgan fingerprint density at radius 2 is 0.885 bits per heavy atom. The molecule has 0 spiro atoms. The van der Waals surface area contributed by atoms with Crippen LogP contribution in [0.3, 0.4) is 0 Å². The largest absolute Gasteiger partial charge is 0.423 e. The first-order valence-corrected chi connectivity index (χ1v) is 15.6. The van der Waals surface area contributed by atoms with E-state index in [0.717, 1.165) is 23.3 Å². The van der Waals surface area contributed by atoms with Gasteiger partial charge in [0.25, 0.3) is 0 Å². The molecule has 4 aromatic carbocycles. The molecule has 0 aliphatic rings. The molecule has 8 nitrogen and oxygen atoms in total. The van der Waals surface area contributed by atoms with Crippen molar-refractivity contribution in [3.05, 3.63) is 168 Å². The van der Waals surface area contributed by atoms with Gasteiger partial charge in [0, 0.05) is 40.0 Å². The van der Waals surface area contributed by atoms with Crippen molar-refractivity contribution in [3.8, 4) is 46.7 Å². The number of hydrogen-bond donors (Lipinski definition) is 0. The van der Waals surface area contributed by atoms with E-state index in [-0.39, 0.29) is 28.2 Å². The summed E-state index contributed by atoms with van der Waals surface area (Å²) >= 11 is 0. The van der Waals surface area contributed by atoms with Crippen molar-refractivity contribution < 1.29 is 38.1 Å². The highest BCUT2D eigenvalue weighted by atomic mass is 16.6. The van der Waals surface area contributed by atoms with Gasteiger partial charge in [-0.3, -0.25) is 0 Å². The van der Waals surface area contributed by atoms with Gasteiger partial charge < -0.3 is 18.9 Å². The molecule has 4 aromatic rings. The van der Waals surface area contributed by atoms with Crippen molar-refractivity contribution >= 4 is 36.0 Å². The first kappa shape index (κ1) is 37.4. The van der Waals surface area contributed by atoms with Gasteiger partial charge in [0.1, 0.15) is 17.1 Å². The summed E-state index contributed by atoms with van der Waals surface area (Å²) in [5.41, 5.74) is 3.82. The van der Waals surface area contributed by atoms with Crippen LogP contribution in [-0.2, 0) is 19.2 Å². The zero-order valence-electron chi connectivity index (χ0n) is 28.5. The molecule has 0 unspecified atom stereocenters. The minimum Gasteiger partial charge on any atom is -0.423 e. The van der Waals surface area contributed by atoms with Crippen molar-refractivity contribution in [2.45, 2.75) is 13.8 Å². The standard InChI is InChI=1S/C44H32O8/c1-7-41(45)49-36-22-17-33(18-23-36)14-13-31-9-11-32(12-10-31)15-16-35-27-39(51-43(47)29(3)4)38(40(28-35)52-44(48)30(5)6)26-21-34-19-24-37(25-20-34)50-42(46)8-2/h7-14,17-20,22-25,27-28H,1-3,5H2,4,6H3. The Bertz CT molecular complexity index is 2180. The number of benzene rings is 4. The molecule has 0 bridgehead atoms. The van der Waals surface area contributed by atoms with Crippen LogP contribution in [0.25, 0.3) is 12.2 Å². The maximum absolute atomic E-state index is 12.7. The molecule has 0 saturated heterocycles. The van der Waals surface area contributed by atoms with Crippen LogP contribution in [0.1, 0.15) is 47.2 Å². The molecule has 0 fully saturated rings. The summed E-state index contributed by atoms with van der Waals surface area (Å²) in [7, 11) is 0. The van der Waals surface area contributed by atoms with E-state index in [1.54, 1.807) is 36.4 Å². The fourth-order valence-corrected chi connectivity index (χ4v) is 4.04. The van der Waals surface area contributed by atoms with Crippen LogP contribution in [-0.4, -0.2) is 23.9 Å². The molecule has 0 N–H and O–H groups in total. The monoisotopic (exact) mass is 688 g/mol. The predicted molar refractivity (Wildman–Crippen MR) is 199 cm³/mol. The molecule has 0 aliphatic carbocycles. The van der Waals surface area contributed by atoms with Gasteiger partial charge in [-0.05, 0) is 85.6 Å². The van der Waals surface area contributed by atoms with Crippen molar-refractivity contribution in [1.29, 1.82) is 0 Å². The first-order chi connectivity index (χ1) is 24.9. The maximum Gasteiger partial charge on any atom is 0.338 e. The lowest BCUT2D eigenvalue weighted by atomic mass is 10.1. The molecule has 0 aliphatic heterocycles. The van der Waals surface area contributed by atoms with E-state index in [1.165, 1.54) is 26.0 Å². The minimum absolute atomic E-state index is 0.000679. The third-order valence-corrected chi connectivity index (χ3v) is 6.73. The van der Waals surface area contributed by atoms with Gasteiger partial charge in [-0.15, -0.1) is 0 Å². The predicted octanol–water partition coefficient (Wildman–Crippen LogP) is 7.80. The molecule has 0 saturated carbocycles. The van der Waals surface area contributed by atoms with Crippen LogP contribution in [0, 0.1) is 23.7 Å². The number of carbonyl (C=O) groups is 4. The number of carbonyl (C=O) groups excluding carboxylic acids is 4. The molecule has 0 atom stereocenters. The molecule has 4 rings (SSSR count). The van der Waals surface area contributed by atoms with Crippen molar-refractivity contribution in [3.63, 3.8) is 0 Å². The zero-order valence-corrected chi connectivity index (χ0v) is 28.5. The van der Waals surface area contributed by atoms with Gasteiger partial charge in [-0.1, -0.05) is 86.4 Å². The third kappa shape index (κ3) is 11.1. The Kier molecular flexibility index (Phi) is 12.8. The lowest BCUT2D eigenvalue weighted by molar-refractivity contribution is -0.130. The van der Waals surface area contributed by atoms with E-state index >= 15 is 0 Å². The fraction of sp³-hybridized carbons (Fsp3) is 0.0455. The smallest absolute Gasteiger partial charge is 0.338 e. The van der Waals surface area contributed by atoms with Crippen LogP contribution in [0.4, 0.5) is 0 Å². The number of rotatable bonds is 10. The second kappa shape index (κ2) is 17.8. The first-order valence-electron chi connectivity index (χ1n) is 15.6.